The molecular weight excluding hydrogens is 348 g/mol. The Hall–Kier alpha value is -3.92. The van der Waals surface area contributed by atoms with Crippen molar-refractivity contribution in [2.45, 2.75) is 0 Å². The average molecular weight is 364 g/mol. The summed E-state index contributed by atoms with van der Waals surface area (Å²) in [6.07, 6.45) is 0. The Kier molecular flexibility index (Phi) is 3.69. The number of hydrogen-bond donors (Lipinski definition) is 1. The van der Waals surface area contributed by atoms with E-state index in [-0.39, 0.29) is 10.6 Å². The van der Waals surface area contributed by atoms with Gasteiger partial charge in [-0.15, -0.1) is 0 Å². The number of fused-ring (bicyclic) bond motifs is 2. The maximum atomic E-state index is 11.0. The van der Waals surface area contributed by atoms with Crippen LogP contribution in [0, 0.1) is 10.1 Å². The van der Waals surface area contributed by atoms with Gasteiger partial charge in [0.15, 0.2) is 0 Å². The topological polar surface area (TPSA) is 58.9 Å². The van der Waals surface area contributed by atoms with Crippen LogP contribution >= 0.6 is 0 Å². The number of nitrogens with zero attached hydrogens (tertiary/aromatic N) is 1. The maximum Gasteiger partial charge on any atom is 0.269 e. The van der Waals surface area contributed by atoms with Gasteiger partial charge >= 0.3 is 0 Å². The Balaban J connectivity index is 1.83. The van der Waals surface area contributed by atoms with Gasteiger partial charge in [-0.1, -0.05) is 60.7 Å². The number of hydrogen-bond acceptors (Lipinski definition) is 2. The van der Waals surface area contributed by atoms with Gasteiger partial charge in [-0.3, -0.25) is 10.1 Å². The van der Waals surface area contributed by atoms with Gasteiger partial charge in [0, 0.05) is 28.6 Å². The molecule has 0 radical (unpaired) electrons. The van der Waals surface area contributed by atoms with E-state index >= 15 is 0 Å². The molecule has 28 heavy (non-hydrogen) atoms. The Morgan fingerprint density at radius 1 is 0.714 bits per heavy atom. The van der Waals surface area contributed by atoms with Crippen LogP contribution in [-0.2, 0) is 0 Å². The summed E-state index contributed by atoms with van der Waals surface area (Å²) in [5, 5.41) is 14.5. The SMILES string of the molecule is O=[N+]([O-])c1ccc(-c2[nH]c3ccccc3c2-c2cccc3ccccc23)cc1. The lowest BCUT2D eigenvalue weighted by molar-refractivity contribution is -0.384. The number of nitro benzene ring substituents is 1. The summed E-state index contributed by atoms with van der Waals surface area (Å²) in [5.74, 6) is 0. The van der Waals surface area contributed by atoms with Crippen LogP contribution < -0.4 is 0 Å². The second kappa shape index (κ2) is 6.35. The molecule has 0 aliphatic heterocycles. The Bertz CT molecular complexity index is 1330. The van der Waals surface area contributed by atoms with Crippen molar-refractivity contribution in [1.29, 1.82) is 0 Å². The minimum atomic E-state index is -0.374. The molecule has 134 valence electrons. The largest absolute Gasteiger partial charge is 0.354 e. The summed E-state index contributed by atoms with van der Waals surface area (Å²) in [6.45, 7) is 0. The van der Waals surface area contributed by atoms with Gasteiger partial charge in [0.25, 0.3) is 5.69 Å². The van der Waals surface area contributed by atoms with Crippen molar-refractivity contribution in [2.24, 2.45) is 0 Å². The molecule has 0 bridgehead atoms. The van der Waals surface area contributed by atoms with Crippen LogP contribution in [0.3, 0.4) is 0 Å². The number of nitrogens with one attached hydrogen (secondary N) is 1. The molecule has 0 saturated heterocycles. The quantitative estimate of drug-likeness (QED) is 0.291. The monoisotopic (exact) mass is 364 g/mol. The Morgan fingerprint density at radius 2 is 1.39 bits per heavy atom. The van der Waals surface area contributed by atoms with E-state index in [4.69, 9.17) is 0 Å². The third-order valence-corrected chi connectivity index (χ3v) is 5.13. The minimum absolute atomic E-state index is 0.0894. The second-order valence-electron chi connectivity index (χ2n) is 6.75. The molecule has 5 aromatic rings. The second-order valence-corrected chi connectivity index (χ2v) is 6.75. The van der Waals surface area contributed by atoms with Crippen LogP contribution in [0.15, 0.2) is 91.0 Å². The highest BCUT2D eigenvalue weighted by atomic mass is 16.6. The molecule has 0 saturated carbocycles. The van der Waals surface area contributed by atoms with Crippen LogP contribution in [0.2, 0.25) is 0 Å². The summed E-state index contributed by atoms with van der Waals surface area (Å²) < 4.78 is 0. The van der Waals surface area contributed by atoms with E-state index in [1.807, 2.05) is 24.3 Å². The Labute approximate surface area is 161 Å². The van der Waals surface area contributed by atoms with Gasteiger partial charge in [-0.25, -0.2) is 0 Å². The van der Waals surface area contributed by atoms with Gasteiger partial charge in [-0.05, 0) is 40.1 Å². The van der Waals surface area contributed by atoms with E-state index in [1.165, 1.54) is 10.8 Å². The first-order chi connectivity index (χ1) is 13.7. The zero-order valence-electron chi connectivity index (χ0n) is 14.9. The predicted molar refractivity (Wildman–Crippen MR) is 113 cm³/mol. The molecule has 0 aliphatic carbocycles. The molecule has 0 aliphatic rings. The first-order valence-electron chi connectivity index (χ1n) is 9.06. The van der Waals surface area contributed by atoms with Crippen LogP contribution in [0.4, 0.5) is 5.69 Å². The summed E-state index contributed by atoms with van der Waals surface area (Å²) in [5.41, 5.74) is 5.27. The van der Waals surface area contributed by atoms with Gasteiger partial charge in [0.05, 0.1) is 10.6 Å². The molecular formula is C24H16N2O2. The molecule has 0 spiro atoms. The molecule has 4 heteroatoms. The van der Waals surface area contributed by atoms with Crippen LogP contribution in [0.5, 0.6) is 0 Å². The number of non-ortho nitro benzene ring substituents is 1. The number of aromatic nitrogens is 1. The van der Waals surface area contributed by atoms with Crippen LogP contribution in [0.25, 0.3) is 44.1 Å². The first-order valence-corrected chi connectivity index (χ1v) is 9.06. The van der Waals surface area contributed by atoms with Crippen molar-refractivity contribution >= 4 is 27.4 Å². The minimum Gasteiger partial charge on any atom is -0.354 e. The zero-order valence-corrected chi connectivity index (χ0v) is 14.9. The number of benzene rings is 4. The molecule has 0 amide bonds. The lowest BCUT2D eigenvalue weighted by Gasteiger charge is -2.09. The lowest BCUT2D eigenvalue weighted by atomic mass is 9.94. The van der Waals surface area contributed by atoms with E-state index in [2.05, 4.69) is 47.4 Å². The standard InChI is InChI=1S/C24H16N2O2/c27-26(28)18-14-12-17(13-15-18)24-23(21-9-3-4-11-22(21)25-24)20-10-5-7-16-6-1-2-8-19(16)20/h1-15,25H. The Morgan fingerprint density at radius 3 is 2.18 bits per heavy atom. The maximum absolute atomic E-state index is 11.0. The smallest absolute Gasteiger partial charge is 0.269 e. The fourth-order valence-corrected chi connectivity index (χ4v) is 3.83. The highest BCUT2D eigenvalue weighted by molar-refractivity contribution is 6.10. The van der Waals surface area contributed by atoms with Crippen LogP contribution in [0.1, 0.15) is 0 Å². The molecule has 5 rings (SSSR count). The molecule has 0 atom stereocenters. The highest BCUT2D eigenvalue weighted by Crippen LogP contribution is 2.41. The van der Waals surface area contributed by atoms with Gasteiger partial charge in [0.2, 0.25) is 0 Å². The van der Waals surface area contributed by atoms with E-state index < -0.39 is 0 Å². The number of para-hydroxylation sites is 1. The third-order valence-electron chi connectivity index (χ3n) is 5.13. The number of rotatable bonds is 3. The van der Waals surface area contributed by atoms with Gasteiger partial charge in [0.1, 0.15) is 0 Å². The molecule has 0 unspecified atom stereocenters. The summed E-state index contributed by atoms with van der Waals surface area (Å²) in [4.78, 5) is 14.2. The predicted octanol–water partition coefficient (Wildman–Crippen LogP) is 6.56. The zero-order chi connectivity index (χ0) is 19.1. The fourth-order valence-electron chi connectivity index (χ4n) is 3.83. The highest BCUT2D eigenvalue weighted by Gasteiger charge is 2.17. The first kappa shape index (κ1) is 16.3. The lowest BCUT2D eigenvalue weighted by Crippen LogP contribution is -1.88. The molecule has 1 N–H and O–H groups in total. The van der Waals surface area contributed by atoms with E-state index in [9.17, 15) is 10.1 Å². The summed E-state index contributed by atoms with van der Waals surface area (Å²) in [7, 11) is 0. The van der Waals surface area contributed by atoms with Crippen molar-refractivity contribution in [2.75, 3.05) is 0 Å². The van der Waals surface area contributed by atoms with Crippen molar-refractivity contribution in [3.63, 3.8) is 0 Å². The van der Waals surface area contributed by atoms with Gasteiger partial charge < -0.3 is 4.98 Å². The molecule has 4 aromatic carbocycles. The van der Waals surface area contributed by atoms with Crippen molar-refractivity contribution in [3.8, 4) is 22.4 Å². The number of aromatic amines is 1. The van der Waals surface area contributed by atoms with E-state index in [0.717, 1.165) is 33.3 Å². The molecule has 1 heterocycles. The van der Waals surface area contributed by atoms with Crippen molar-refractivity contribution < 1.29 is 4.92 Å². The normalized spacial score (nSPS) is 11.1. The third kappa shape index (κ3) is 2.55. The van der Waals surface area contributed by atoms with Crippen molar-refractivity contribution in [1.82, 2.24) is 4.98 Å². The molecule has 0 fully saturated rings. The van der Waals surface area contributed by atoms with Crippen molar-refractivity contribution in [3.05, 3.63) is 101 Å². The summed E-state index contributed by atoms with van der Waals surface area (Å²) >= 11 is 0. The number of nitro groups is 1. The molecule has 4 nitrogen and oxygen atoms in total. The van der Waals surface area contributed by atoms with E-state index in [0.29, 0.717) is 0 Å². The molecule has 1 aromatic heterocycles. The summed E-state index contributed by atoms with van der Waals surface area (Å²) in [6, 6.07) is 29.5. The number of H-pyrrole nitrogens is 1. The van der Waals surface area contributed by atoms with Gasteiger partial charge in [-0.2, -0.15) is 0 Å². The average Bonchev–Trinajstić information content (AvgIpc) is 3.13. The van der Waals surface area contributed by atoms with E-state index in [1.54, 1.807) is 24.3 Å². The fraction of sp³-hybridized carbons (Fsp3) is 0. The van der Waals surface area contributed by atoms with Crippen LogP contribution in [-0.4, -0.2) is 9.91 Å².